The van der Waals surface area contributed by atoms with Gasteiger partial charge in [0, 0.05) is 18.5 Å². The molecule has 2 aromatic rings. The van der Waals surface area contributed by atoms with Gasteiger partial charge in [0.2, 0.25) is 5.91 Å². The van der Waals surface area contributed by atoms with Crippen molar-refractivity contribution in [1.82, 2.24) is 5.32 Å². The molecule has 2 aromatic carbocycles. The second-order valence-electron chi connectivity index (χ2n) is 5.64. The van der Waals surface area contributed by atoms with Crippen LogP contribution in [0, 0.1) is 5.82 Å². The molecule has 2 atom stereocenters. The normalized spacial score (nSPS) is 13.4. The Morgan fingerprint density at radius 1 is 1.26 bits per heavy atom. The van der Waals surface area contributed by atoms with Crippen LogP contribution in [0.2, 0.25) is 0 Å². The van der Waals surface area contributed by atoms with E-state index in [4.69, 9.17) is 5.73 Å². The fraction of sp³-hybridized carbons (Fsp3) is 0.278. The predicted octanol–water partition coefficient (Wildman–Crippen LogP) is 3.73. The van der Waals surface area contributed by atoms with Gasteiger partial charge < -0.3 is 11.1 Å². The van der Waals surface area contributed by atoms with Gasteiger partial charge in [-0.2, -0.15) is 0 Å². The molecule has 2 unspecified atom stereocenters. The summed E-state index contributed by atoms with van der Waals surface area (Å²) >= 11 is 3.17. The Balaban J connectivity index is 1.85. The zero-order valence-electron chi connectivity index (χ0n) is 12.9. The number of hydrogen-bond acceptors (Lipinski definition) is 2. The molecule has 0 saturated heterocycles. The lowest BCUT2D eigenvalue weighted by Crippen LogP contribution is -2.35. The molecule has 0 bridgehead atoms. The van der Waals surface area contributed by atoms with E-state index >= 15 is 0 Å². The second-order valence-corrected chi connectivity index (χ2v) is 6.50. The van der Waals surface area contributed by atoms with E-state index in [1.807, 2.05) is 37.3 Å². The molecule has 0 aliphatic heterocycles. The number of hydrogen-bond donors (Lipinski definition) is 2. The number of amides is 1. The first-order valence-corrected chi connectivity index (χ1v) is 8.29. The van der Waals surface area contributed by atoms with Crippen molar-refractivity contribution in [3.63, 3.8) is 0 Å². The van der Waals surface area contributed by atoms with Crippen LogP contribution in [0.25, 0.3) is 0 Å². The van der Waals surface area contributed by atoms with E-state index < -0.39 is 0 Å². The quantitative estimate of drug-likeness (QED) is 0.804. The van der Waals surface area contributed by atoms with Gasteiger partial charge in [-0.1, -0.05) is 36.4 Å². The lowest BCUT2D eigenvalue weighted by Gasteiger charge is -2.17. The standard InChI is InChI=1S/C18H20BrFN2O/c1-12(9-13-7-8-16(20)15(19)10-13)22-18(23)11-17(21)14-5-3-2-4-6-14/h2-8,10,12,17H,9,11,21H2,1H3,(H,22,23). The van der Waals surface area contributed by atoms with E-state index in [1.165, 1.54) is 6.07 Å². The van der Waals surface area contributed by atoms with Crippen molar-refractivity contribution in [1.29, 1.82) is 0 Å². The van der Waals surface area contributed by atoms with Crippen molar-refractivity contribution in [2.75, 3.05) is 0 Å². The van der Waals surface area contributed by atoms with Crippen molar-refractivity contribution in [2.24, 2.45) is 5.73 Å². The summed E-state index contributed by atoms with van der Waals surface area (Å²) in [5.41, 5.74) is 7.95. The van der Waals surface area contributed by atoms with Crippen molar-refractivity contribution in [2.45, 2.75) is 31.8 Å². The van der Waals surface area contributed by atoms with E-state index in [0.717, 1.165) is 11.1 Å². The zero-order chi connectivity index (χ0) is 16.8. The van der Waals surface area contributed by atoms with Crippen molar-refractivity contribution < 1.29 is 9.18 Å². The third-order valence-corrected chi connectivity index (χ3v) is 4.17. The van der Waals surface area contributed by atoms with Gasteiger partial charge in [-0.3, -0.25) is 4.79 Å². The van der Waals surface area contributed by atoms with Gasteiger partial charge in [0.1, 0.15) is 5.82 Å². The van der Waals surface area contributed by atoms with Crippen LogP contribution in [0.3, 0.4) is 0 Å². The summed E-state index contributed by atoms with van der Waals surface area (Å²) in [5.74, 6) is -0.380. The third-order valence-electron chi connectivity index (χ3n) is 3.57. The molecule has 0 fully saturated rings. The maximum Gasteiger partial charge on any atom is 0.222 e. The molecule has 23 heavy (non-hydrogen) atoms. The molecule has 0 spiro atoms. The minimum Gasteiger partial charge on any atom is -0.353 e. The van der Waals surface area contributed by atoms with Gasteiger partial charge in [0.25, 0.3) is 0 Å². The van der Waals surface area contributed by atoms with Crippen LogP contribution in [0.5, 0.6) is 0 Å². The molecule has 5 heteroatoms. The van der Waals surface area contributed by atoms with E-state index in [0.29, 0.717) is 10.9 Å². The van der Waals surface area contributed by atoms with Crippen LogP contribution < -0.4 is 11.1 Å². The van der Waals surface area contributed by atoms with Gasteiger partial charge in [0.05, 0.1) is 4.47 Å². The minimum absolute atomic E-state index is 0.0529. The Morgan fingerprint density at radius 2 is 1.96 bits per heavy atom. The summed E-state index contributed by atoms with van der Waals surface area (Å²) < 4.78 is 13.7. The Kier molecular flexibility index (Phi) is 6.30. The lowest BCUT2D eigenvalue weighted by atomic mass is 10.0. The molecule has 0 heterocycles. The number of carbonyl (C=O) groups excluding carboxylic acids is 1. The van der Waals surface area contributed by atoms with Gasteiger partial charge >= 0.3 is 0 Å². The van der Waals surface area contributed by atoms with Gasteiger partial charge in [-0.05, 0) is 52.5 Å². The molecular formula is C18H20BrFN2O. The maximum atomic E-state index is 13.2. The highest BCUT2D eigenvalue weighted by Crippen LogP contribution is 2.18. The minimum atomic E-state index is -0.316. The molecule has 0 saturated carbocycles. The zero-order valence-corrected chi connectivity index (χ0v) is 14.5. The van der Waals surface area contributed by atoms with Crippen LogP contribution in [-0.2, 0) is 11.2 Å². The summed E-state index contributed by atoms with van der Waals surface area (Å²) in [7, 11) is 0. The largest absolute Gasteiger partial charge is 0.353 e. The van der Waals surface area contributed by atoms with Crippen molar-refractivity contribution in [3.8, 4) is 0 Å². The highest BCUT2D eigenvalue weighted by atomic mass is 79.9. The molecule has 122 valence electrons. The van der Waals surface area contributed by atoms with E-state index in [-0.39, 0.29) is 30.2 Å². The van der Waals surface area contributed by atoms with Crippen molar-refractivity contribution in [3.05, 3.63) is 69.9 Å². The lowest BCUT2D eigenvalue weighted by molar-refractivity contribution is -0.122. The highest BCUT2D eigenvalue weighted by Gasteiger charge is 2.14. The average Bonchev–Trinajstić information content (AvgIpc) is 2.51. The predicted molar refractivity (Wildman–Crippen MR) is 93.4 cm³/mol. The molecule has 2 rings (SSSR count). The number of nitrogens with one attached hydrogen (secondary N) is 1. The summed E-state index contributed by atoms with van der Waals surface area (Å²) in [6.45, 7) is 1.92. The van der Waals surface area contributed by atoms with E-state index in [2.05, 4.69) is 21.2 Å². The molecule has 1 amide bonds. The summed E-state index contributed by atoms with van der Waals surface area (Å²) in [5, 5.41) is 2.94. The van der Waals surface area contributed by atoms with Crippen LogP contribution in [0.1, 0.15) is 30.5 Å². The maximum absolute atomic E-state index is 13.2. The van der Waals surface area contributed by atoms with Crippen LogP contribution in [-0.4, -0.2) is 11.9 Å². The molecule has 3 N–H and O–H groups in total. The van der Waals surface area contributed by atoms with Crippen LogP contribution >= 0.6 is 15.9 Å². The Morgan fingerprint density at radius 3 is 2.61 bits per heavy atom. The monoisotopic (exact) mass is 378 g/mol. The number of nitrogens with two attached hydrogens (primary N) is 1. The Bertz CT molecular complexity index is 663. The summed E-state index contributed by atoms with van der Waals surface area (Å²) in [6.07, 6.45) is 0.868. The molecule has 0 aliphatic carbocycles. The molecule has 0 radical (unpaired) electrons. The Hall–Kier alpha value is -1.72. The van der Waals surface area contributed by atoms with Crippen molar-refractivity contribution >= 4 is 21.8 Å². The average molecular weight is 379 g/mol. The van der Waals surface area contributed by atoms with Gasteiger partial charge in [-0.25, -0.2) is 4.39 Å². The van der Waals surface area contributed by atoms with Crippen LogP contribution in [0.4, 0.5) is 4.39 Å². The fourth-order valence-electron chi connectivity index (χ4n) is 2.42. The first kappa shape index (κ1) is 17.6. The Labute approximate surface area is 144 Å². The number of halogens is 2. The highest BCUT2D eigenvalue weighted by molar-refractivity contribution is 9.10. The number of benzene rings is 2. The topological polar surface area (TPSA) is 55.1 Å². The van der Waals surface area contributed by atoms with E-state index in [9.17, 15) is 9.18 Å². The first-order valence-electron chi connectivity index (χ1n) is 7.49. The second kappa shape index (κ2) is 8.22. The fourth-order valence-corrected chi connectivity index (χ4v) is 2.85. The number of carbonyl (C=O) groups is 1. The summed E-state index contributed by atoms with van der Waals surface area (Å²) in [4.78, 5) is 12.1. The third kappa shape index (κ3) is 5.44. The SMILES string of the molecule is CC(Cc1ccc(F)c(Br)c1)NC(=O)CC(N)c1ccccc1. The van der Waals surface area contributed by atoms with Gasteiger partial charge in [-0.15, -0.1) is 0 Å². The van der Waals surface area contributed by atoms with Gasteiger partial charge in [0.15, 0.2) is 0 Å². The molecule has 0 aliphatic rings. The van der Waals surface area contributed by atoms with E-state index in [1.54, 1.807) is 12.1 Å². The molecule has 3 nitrogen and oxygen atoms in total. The van der Waals surface area contributed by atoms with Crippen LogP contribution in [0.15, 0.2) is 53.0 Å². The smallest absolute Gasteiger partial charge is 0.222 e. The molecular weight excluding hydrogens is 359 g/mol. The molecule has 0 aromatic heterocycles. The first-order chi connectivity index (χ1) is 11.0. The summed E-state index contributed by atoms with van der Waals surface area (Å²) in [6, 6.07) is 14.1. The number of rotatable bonds is 6.